The first kappa shape index (κ1) is 16.2. The molecule has 1 aliphatic carbocycles. The molecule has 0 N–H and O–H groups in total. The summed E-state index contributed by atoms with van der Waals surface area (Å²) in [6.45, 7) is 6.19. The predicted molar refractivity (Wildman–Crippen MR) is 84.4 cm³/mol. The normalized spacial score (nSPS) is 18.9. The second-order valence-electron chi connectivity index (χ2n) is 4.92. The quantitative estimate of drug-likeness (QED) is 0.413. The summed E-state index contributed by atoms with van der Waals surface area (Å²) in [6, 6.07) is 0. The van der Waals surface area contributed by atoms with E-state index in [4.69, 9.17) is 4.74 Å². The van der Waals surface area contributed by atoms with Crippen LogP contribution in [0.15, 0.2) is 59.3 Å². The molecule has 0 saturated carbocycles. The molecule has 0 radical (unpaired) electrons. The van der Waals surface area contributed by atoms with E-state index in [1.165, 1.54) is 30.1 Å². The van der Waals surface area contributed by atoms with Crippen molar-refractivity contribution < 1.29 is 9.53 Å². The highest BCUT2D eigenvalue weighted by molar-refractivity contribution is 5.83. The maximum Gasteiger partial charge on any atom is 0.330 e. The van der Waals surface area contributed by atoms with Gasteiger partial charge < -0.3 is 4.74 Å². The minimum Gasteiger partial charge on any atom is -0.463 e. The summed E-state index contributed by atoms with van der Waals surface area (Å²) in [5, 5.41) is 0. The number of allylic oxidation sites excluding steroid dienone is 9. The van der Waals surface area contributed by atoms with Crippen molar-refractivity contribution in [2.45, 2.75) is 40.0 Å². The van der Waals surface area contributed by atoms with Crippen LogP contribution >= 0.6 is 0 Å². The lowest BCUT2D eigenvalue weighted by Crippen LogP contribution is -1.99. The van der Waals surface area contributed by atoms with Crippen LogP contribution < -0.4 is 0 Å². The minimum absolute atomic E-state index is 0.287. The highest BCUT2D eigenvalue weighted by Crippen LogP contribution is 2.17. The second-order valence-corrected chi connectivity index (χ2v) is 4.92. The lowest BCUT2D eigenvalue weighted by Gasteiger charge is -2.06. The molecular weight excluding hydrogens is 248 g/mol. The number of ether oxygens (including phenoxy) is 1. The van der Waals surface area contributed by atoms with Gasteiger partial charge >= 0.3 is 5.97 Å². The molecule has 1 rings (SSSR count). The maximum absolute atomic E-state index is 11.2. The van der Waals surface area contributed by atoms with Gasteiger partial charge in [0.2, 0.25) is 0 Å². The Bertz CT molecular complexity index is 474. The molecule has 2 heteroatoms. The van der Waals surface area contributed by atoms with Gasteiger partial charge in [0.1, 0.15) is 0 Å². The van der Waals surface area contributed by atoms with Crippen molar-refractivity contribution in [1.29, 1.82) is 0 Å². The smallest absolute Gasteiger partial charge is 0.330 e. The molecule has 0 aromatic rings. The van der Waals surface area contributed by atoms with Crippen LogP contribution in [-0.4, -0.2) is 12.6 Å². The summed E-state index contributed by atoms with van der Waals surface area (Å²) in [4.78, 5) is 11.2. The summed E-state index contributed by atoms with van der Waals surface area (Å²) >= 11 is 0. The van der Waals surface area contributed by atoms with E-state index in [0.29, 0.717) is 6.61 Å². The van der Waals surface area contributed by atoms with E-state index in [1.54, 1.807) is 6.92 Å². The first-order valence-corrected chi connectivity index (χ1v) is 7.19. The van der Waals surface area contributed by atoms with Crippen molar-refractivity contribution in [2.75, 3.05) is 6.61 Å². The van der Waals surface area contributed by atoms with Crippen LogP contribution in [0.1, 0.15) is 40.0 Å². The van der Waals surface area contributed by atoms with E-state index in [1.807, 2.05) is 19.1 Å². The second kappa shape index (κ2) is 9.13. The van der Waals surface area contributed by atoms with Crippen molar-refractivity contribution in [1.82, 2.24) is 0 Å². The Kier molecular flexibility index (Phi) is 7.41. The standard InChI is InChI=1S/C18H24O2/c1-4-20-18(19)14-16(3)10-8-9-15(2)13-17-11-6-5-7-12-17/h6,8-11,13-14H,4-5,7,12H2,1-3H3/b10-8+,15-9+,16-14-,17-13-. The fraction of sp³-hybridized carbons (Fsp3) is 0.389. The Morgan fingerprint density at radius 2 is 2.15 bits per heavy atom. The molecule has 20 heavy (non-hydrogen) atoms. The van der Waals surface area contributed by atoms with Gasteiger partial charge in [-0.1, -0.05) is 42.0 Å². The van der Waals surface area contributed by atoms with Crippen LogP contribution in [-0.2, 0) is 9.53 Å². The molecule has 0 atom stereocenters. The fourth-order valence-corrected chi connectivity index (χ4v) is 1.97. The third kappa shape index (κ3) is 6.93. The SMILES string of the molecule is CCOC(=O)\C=C(C)/C=C/C=C(C)/C=C1/C=CCCC1. The van der Waals surface area contributed by atoms with Gasteiger partial charge in [-0.2, -0.15) is 0 Å². The van der Waals surface area contributed by atoms with Gasteiger partial charge in [-0.15, -0.1) is 0 Å². The molecule has 1 aliphatic rings. The number of rotatable bonds is 5. The van der Waals surface area contributed by atoms with Crippen LogP contribution in [0.4, 0.5) is 0 Å². The van der Waals surface area contributed by atoms with E-state index >= 15 is 0 Å². The summed E-state index contributed by atoms with van der Waals surface area (Å²) in [5.41, 5.74) is 3.49. The molecule has 0 aromatic carbocycles. The maximum atomic E-state index is 11.2. The van der Waals surface area contributed by atoms with E-state index in [-0.39, 0.29) is 5.97 Å². The number of carbonyl (C=O) groups excluding carboxylic acids is 1. The molecule has 0 bridgehead atoms. The molecule has 0 aliphatic heterocycles. The number of esters is 1. The topological polar surface area (TPSA) is 26.3 Å². The first-order chi connectivity index (χ1) is 9.61. The zero-order valence-electron chi connectivity index (χ0n) is 12.7. The van der Waals surface area contributed by atoms with Crippen molar-refractivity contribution >= 4 is 5.97 Å². The summed E-state index contributed by atoms with van der Waals surface area (Å²) in [6.07, 6.45) is 17.7. The largest absolute Gasteiger partial charge is 0.463 e. The van der Waals surface area contributed by atoms with Crippen LogP contribution in [0.2, 0.25) is 0 Å². The Balaban J connectivity index is 2.57. The average molecular weight is 272 g/mol. The third-order valence-electron chi connectivity index (χ3n) is 2.93. The van der Waals surface area contributed by atoms with Gasteiger partial charge in [0, 0.05) is 6.08 Å². The summed E-state index contributed by atoms with van der Waals surface area (Å²) < 4.78 is 4.86. The average Bonchev–Trinajstić information content (AvgIpc) is 2.39. The van der Waals surface area contributed by atoms with Crippen LogP contribution in [0.3, 0.4) is 0 Å². The fourth-order valence-electron chi connectivity index (χ4n) is 1.97. The van der Waals surface area contributed by atoms with Gasteiger partial charge in [0.15, 0.2) is 0 Å². The van der Waals surface area contributed by atoms with Gasteiger partial charge in [0.05, 0.1) is 6.61 Å². The van der Waals surface area contributed by atoms with Crippen molar-refractivity contribution in [2.24, 2.45) is 0 Å². The first-order valence-electron chi connectivity index (χ1n) is 7.19. The molecule has 0 amide bonds. The van der Waals surface area contributed by atoms with Crippen molar-refractivity contribution in [3.8, 4) is 0 Å². The minimum atomic E-state index is -0.287. The highest BCUT2D eigenvalue weighted by atomic mass is 16.5. The lowest BCUT2D eigenvalue weighted by atomic mass is 10.00. The molecule has 0 saturated heterocycles. The molecule has 0 aromatic heterocycles. The monoisotopic (exact) mass is 272 g/mol. The Hall–Kier alpha value is -1.83. The zero-order chi connectivity index (χ0) is 14.8. The van der Waals surface area contributed by atoms with Gasteiger partial charge in [-0.3, -0.25) is 0 Å². The van der Waals surface area contributed by atoms with Crippen molar-refractivity contribution in [3.05, 3.63) is 59.3 Å². The predicted octanol–water partition coefficient (Wildman–Crippen LogP) is 4.66. The third-order valence-corrected chi connectivity index (χ3v) is 2.93. The Labute approximate surface area is 122 Å². The van der Waals surface area contributed by atoms with E-state index in [9.17, 15) is 4.79 Å². The molecule has 0 heterocycles. The Morgan fingerprint density at radius 1 is 1.35 bits per heavy atom. The van der Waals surface area contributed by atoms with Crippen LogP contribution in [0.25, 0.3) is 0 Å². The zero-order valence-corrected chi connectivity index (χ0v) is 12.7. The number of carbonyl (C=O) groups is 1. The van der Waals surface area contributed by atoms with Gasteiger partial charge in [-0.05, 0) is 51.2 Å². The Morgan fingerprint density at radius 3 is 2.80 bits per heavy atom. The van der Waals surface area contributed by atoms with E-state index in [2.05, 4.69) is 31.2 Å². The molecule has 2 nitrogen and oxygen atoms in total. The summed E-state index contributed by atoms with van der Waals surface area (Å²) in [5.74, 6) is -0.287. The molecular formula is C18H24O2. The van der Waals surface area contributed by atoms with E-state index < -0.39 is 0 Å². The molecule has 0 fully saturated rings. The van der Waals surface area contributed by atoms with Crippen LogP contribution in [0.5, 0.6) is 0 Å². The van der Waals surface area contributed by atoms with E-state index in [0.717, 1.165) is 12.0 Å². The molecule has 108 valence electrons. The molecule has 0 spiro atoms. The van der Waals surface area contributed by atoms with Gasteiger partial charge in [-0.25, -0.2) is 4.79 Å². The van der Waals surface area contributed by atoms with Crippen LogP contribution in [0, 0.1) is 0 Å². The molecule has 0 unspecified atom stereocenters. The van der Waals surface area contributed by atoms with Crippen molar-refractivity contribution in [3.63, 3.8) is 0 Å². The lowest BCUT2D eigenvalue weighted by molar-refractivity contribution is -0.137. The number of hydrogen-bond donors (Lipinski definition) is 0. The summed E-state index contributed by atoms with van der Waals surface area (Å²) in [7, 11) is 0. The highest BCUT2D eigenvalue weighted by Gasteiger charge is 1.98. The number of hydrogen-bond acceptors (Lipinski definition) is 2. The van der Waals surface area contributed by atoms with Gasteiger partial charge in [0.25, 0.3) is 0 Å².